The second-order valence-electron chi connectivity index (χ2n) is 28.9. The van der Waals surface area contributed by atoms with E-state index in [-0.39, 0.29) is 12.5 Å². The molecule has 0 aromatic heterocycles. The number of hydrogen-bond donors (Lipinski definition) is 6. The zero-order valence-corrected chi connectivity index (χ0v) is 60.4. The summed E-state index contributed by atoms with van der Waals surface area (Å²) in [7, 11) is 0. The van der Waals surface area contributed by atoms with Crippen LogP contribution in [0.5, 0.6) is 0 Å². The highest BCUT2D eigenvalue weighted by Gasteiger charge is 2.44. The first kappa shape index (κ1) is 86.9. The van der Waals surface area contributed by atoms with Crippen LogP contribution >= 0.6 is 0 Å². The molecule has 0 aromatic rings. The highest BCUT2D eigenvalue weighted by molar-refractivity contribution is 5.76. The summed E-state index contributed by atoms with van der Waals surface area (Å²) >= 11 is 0. The number of nitrogens with one attached hydrogen (secondary N) is 1. The van der Waals surface area contributed by atoms with Gasteiger partial charge >= 0.3 is 0 Å². The van der Waals surface area contributed by atoms with Crippen molar-refractivity contribution in [3.8, 4) is 0 Å². The molecule has 9 heteroatoms. The third-order valence-electron chi connectivity index (χ3n) is 20.1. The Morgan fingerprint density at radius 1 is 0.367 bits per heavy atom. The Labute approximate surface area is 560 Å². The molecule has 9 nitrogen and oxygen atoms in total. The largest absolute Gasteiger partial charge is 0.394 e. The second-order valence-corrected chi connectivity index (χ2v) is 28.9. The maximum Gasteiger partial charge on any atom is 0.220 e. The lowest BCUT2D eigenvalue weighted by atomic mass is 9.99. The van der Waals surface area contributed by atoms with Gasteiger partial charge in [-0.1, -0.05) is 411 Å². The van der Waals surface area contributed by atoms with E-state index in [0.29, 0.717) is 12.8 Å². The highest BCUT2D eigenvalue weighted by Crippen LogP contribution is 2.25. The molecular weight excluding hydrogens is 1110 g/mol. The fourth-order valence-corrected chi connectivity index (χ4v) is 13.8. The maximum atomic E-state index is 13.2. The van der Waals surface area contributed by atoms with Crippen LogP contribution in [0.3, 0.4) is 0 Å². The van der Waals surface area contributed by atoms with Gasteiger partial charge in [0.05, 0.1) is 25.4 Å². The van der Waals surface area contributed by atoms with Crippen molar-refractivity contribution in [2.24, 2.45) is 0 Å². The van der Waals surface area contributed by atoms with Gasteiger partial charge in [0.2, 0.25) is 5.91 Å². The lowest BCUT2D eigenvalue weighted by Gasteiger charge is -2.40. The smallest absolute Gasteiger partial charge is 0.220 e. The van der Waals surface area contributed by atoms with Gasteiger partial charge in [0.15, 0.2) is 6.29 Å². The Bertz CT molecular complexity index is 1430. The van der Waals surface area contributed by atoms with E-state index < -0.39 is 49.5 Å². The van der Waals surface area contributed by atoms with Crippen LogP contribution in [0.2, 0.25) is 0 Å². The molecule has 0 bridgehead atoms. The van der Waals surface area contributed by atoms with Gasteiger partial charge in [-0.15, -0.1) is 0 Å². The van der Waals surface area contributed by atoms with Crippen molar-refractivity contribution in [3.63, 3.8) is 0 Å². The first-order valence-corrected chi connectivity index (χ1v) is 40.9. The standard InChI is InChI=1S/C81H159NO8/c1-3-5-7-9-11-13-15-17-19-21-23-25-27-29-31-32-33-34-35-36-37-38-39-40-41-42-43-44-45-47-49-51-53-55-57-59-61-63-65-67-69-71-77(85)82-74(73-89-81-80(88)79(87)78(86)76(72-83)90-81)75(84)70-68-66-64-62-60-58-56-54-52-50-48-46-30-28-26-24-22-20-18-16-14-12-10-8-6-4-2/h21,23,74-76,78-81,83-84,86-88H,3-20,22,24-73H2,1-2H3,(H,82,85)/b23-21-. The highest BCUT2D eigenvalue weighted by atomic mass is 16.7. The summed E-state index contributed by atoms with van der Waals surface area (Å²) < 4.78 is 11.4. The molecule has 0 radical (unpaired) electrons. The Balaban J connectivity index is 2.01. The molecule has 536 valence electrons. The third kappa shape index (κ3) is 58.3. The fraction of sp³-hybridized carbons (Fsp3) is 0.963. The molecule has 7 atom stereocenters. The first-order valence-electron chi connectivity index (χ1n) is 40.9. The number of carbonyl (C=O) groups excluding carboxylic acids is 1. The molecule has 0 aliphatic carbocycles. The van der Waals surface area contributed by atoms with Crippen LogP contribution in [0.1, 0.15) is 444 Å². The number of hydrogen-bond acceptors (Lipinski definition) is 8. The average molecular weight is 1280 g/mol. The minimum absolute atomic E-state index is 0.131. The molecule has 6 N–H and O–H groups in total. The van der Waals surface area contributed by atoms with E-state index in [0.717, 1.165) is 38.5 Å². The van der Waals surface area contributed by atoms with Gasteiger partial charge in [0, 0.05) is 6.42 Å². The van der Waals surface area contributed by atoms with Crippen LogP contribution in [-0.4, -0.2) is 87.5 Å². The van der Waals surface area contributed by atoms with Gasteiger partial charge in [0.25, 0.3) is 0 Å². The molecule has 7 unspecified atom stereocenters. The Morgan fingerprint density at radius 2 is 0.622 bits per heavy atom. The number of aliphatic hydroxyl groups is 5. The lowest BCUT2D eigenvalue weighted by molar-refractivity contribution is -0.302. The van der Waals surface area contributed by atoms with E-state index in [1.807, 2.05) is 0 Å². The van der Waals surface area contributed by atoms with Crippen molar-refractivity contribution < 1.29 is 39.8 Å². The Morgan fingerprint density at radius 3 is 0.900 bits per heavy atom. The predicted molar refractivity (Wildman–Crippen MR) is 387 cm³/mol. The predicted octanol–water partition coefficient (Wildman–Crippen LogP) is 23.4. The Hall–Kier alpha value is -1.07. The van der Waals surface area contributed by atoms with Crippen LogP contribution < -0.4 is 5.32 Å². The van der Waals surface area contributed by atoms with Gasteiger partial charge in [-0.25, -0.2) is 0 Å². The molecule has 0 saturated carbocycles. The zero-order chi connectivity index (χ0) is 64.9. The summed E-state index contributed by atoms with van der Waals surface area (Å²) in [6.07, 6.45) is 86.3. The van der Waals surface area contributed by atoms with Crippen molar-refractivity contribution in [3.05, 3.63) is 12.2 Å². The van der Waals surface area contributed by atoms with Crippen LogP contribution in [0.25, 0.3) is 0 Å². The van der Waals surface area contributed by atoms with E-state index >= 15 is 0 Å². The van der Waals surface area contributed by atoms with Gasteiger partial charge in [-0.2, -0.15) is 0 Å². The quantitative estimate of drug-likeness (QED) is 0.0261. The van der Waals surface area contributed by atoms with E-state index in [2.05, 4.69) is 31.3 Å². The minimum Gasteiger partial charge on any atom is -0.394 e. The number of allylic oxidation sites excluding steroid dienone is 2. The average Bonchev–Trinajstić information content (AvgIpc) is 1.28. The Kier molecular flexibility index (Phi) is 68.3. The monoisotopic (exact) mass is 1270 g/mol. The van der Waals surface area contributed by atoms with Crippen molar-refractivity contribution in [2.75, 3.05) is 13.2 Å². The summed E-state index contributed by atoms with van der Waals surface area (Å²) in [6.45, 7) is 3.91. The molecule has 1 saturated heterocycles. The van der Waals surface area contributed by atoms with Gasteiger partial charge in [0.1, 0.15) is 24.4 Å². The zero-order valence-electron chi connectivity index (χ0n) is 60.4. The summed E-state index contributed by atoms with van der Waals surface area (Å²) in [5.74, 6) is -0.132. The number of amides is 1. The first-order chi connectivity index (χ1) is 44.3. The maximum absolute atomic E-state index is 13.2. The summed E-state index contributed by atoms with van der Waals surface area (Å²) in [5.41, 5.74) is 0. The molecule has 1 heterocycles. The van der Waals surface area contributed by atoms with E-state index in [9.17, 15) is 30.3 Å². The van der Waals surface area contributed by atoms with Crippen LogP contribution in [0.4, 0.5) is 0 Å². The number of aliphatic hydroxyl groups excluding tert-OH is 5. The van der Waals surface area contributed by atoms with Crippen LogP contribution in [0.15, 0.2) is 12.2 Å². The van der Waals surface area contributed by atoms with Crippen molar-refractivity contribution in [2.45, 2.75) is 487 Å². The molecule has 0 aromatic carbocycles. The molecule has 1 fully saturated rings. The fourth-order valence-electron chi connectivity index (χ4n) is 13.8. The summed E-state index contributed by atoms with van der Waals surface area (Å²) in [4.78, 5) is 13.2. The molecule has 0 spiro atoms. The molecule has 1 rings (SSSR count). The molecule has 1 amide bonds. The van der Waals surface area contributed by atoms with E-state index in [1.165, 1.54) is 379 Å². The van der Waals surface area contributed by atoms with Gasteiger partial charge in [-0.3, -0.25) is 4.79 Å². The van der Waals surface area contributed by atoms with Crippen molar-refractivity contribution in [1.29, 1.82) is 0 Å². The summed E-state index contributed by atoms with van der Waals surface area (Å²) in [5, 5.41) is 55.1. The molecule has 1 aliphatic heterocycles. The topological polar surface area (TPSA) is 149 Å². The van der Waals surface area contributed by atoms with Gasteiger partial charge < -0.3 is 40.3 Å². The second kappa shape index (κ2) is 70.7. The van der Waals surface area contributed by atoms with Crippen molar-refractivity contribution >= 4 is 5.91 Å². The van der Waals surface area contributed by atoms with E-state index in [4.69, 9.17) is 9.47 Å². The van der Waals surface area contributed by atoms with Crippen LogP contribution in [0, 0.1) is 0 Å². The normalized spacial score (nSPS) is 17.7. The SMILES string of the molecule is CCCCCCCCCC/C=C\CCCCCCCCCCCCCCCCCCCCCCCCCCCCCCCC(=O)NC(COC1OC(CO)C(O)C(O)C1O)C(O)CCCCCCCCCCCCCCCCCCCCCCCCCCCC. The number of ether oxygens (including phenoxy) is 2. The number of rotatable bonds is 74. The van der Waals surface area contributed by atoms with Crippen molar-refractivity contribution in [1.82, 2.24) is 5.32 Å². The van der Waals surface area contributed by atoms with Crippen LogP contribution in [-0.2, 0) is 14.3 Å². The molecule has 1 aliphatic rings. The molecule has 90 heavy (non-hydrogen) atoms. The van der Waals surface area contributed by atoms with E-state index in [1.54, 1.807) is 0 Å². The van der Waals surface area contributed by atoms with Gasteiger partial charge in [-0.05, 0) is 38.5 Å². The lowest BCUT2D eigenvalue weighted by Crippen LogP contribution is -2.60. The summed E-state index contributed by atoms with van der Waals surface area (Å²) in [6, 6.07) is -0.717. The minimum atomic E-state index is -1.55. The number of carbonyl (C=O) groups is 1. The third-order valence-corrected chi connectivity index (χ3v) is 20.1. The number of unbranched alkanes of at least 4 members (excludes halogenated alkanes) is 62. The molecular formula is C81H159NO8.